The lowest BCUT2D eigenvalue weighted by Gasteiger charge is -2.34. The Bertz CT molecular complexity index is 609. The van der Waals surface area contributed by atoms with Crippen molar-refractivity contribution in [2.45, 2.75) is 44.9 Å². The Balaban J connectivity index is 2.11. The van der Waals surface area contributed by atoms with Gasteiger partial charge in [-0.15, -0.1) is 0 Å². The fourth-order valence-electron chi connectivity index (χ4n) is 2.90. The molecule has 1 fully saturated rings. The number of amides is 1. The summed E-state index contributed by atoms with van der Waals surface area (Å²) >= 11 is 0. The number of nitrogens with zero attached hydrogens (tertiary/aromatic N) is 2. The number of benzene rings is 1. The molecule has 1 aromatic rings. The molecule has 2 rings (SSSR count). The summed E-state index contributed by atoms with van der Waals surface area (Å²) in [6.45, 7) is 3.59. The highest BCUT2D eigenvalue weighted by Crippen LogP contribution is 2.29. The second-order valence-electron chi connectivity index (χ2n) is 6.74. The predicted molar refractivity (Wildman–Crippen MR) is 82.5 cm³/mol. The molecule has 2 N–H and O–H groups in total. The van der Waals surface area contributed by atoms with E-state index in [1.165, 1.54) is 17.0 Å². The van der Waals surface area contributed by atoms with Crippen molar-refractivity contribution < 1.29 is 13.6 Å². The highest BCUT2D eigenvalue weighted by Gasteiger charge is 2.41. The van der Waals surface area contributed by atoms with E-state index in [1.54, 1.807) is 12.1 Å². The van der Waals surface area contributed by atoms with Gasteiger partial charge in [0.25, 0.3) is 0 Å². The average molecular weight is 321 g/mol. The van der Waals surface area contributed by atoms with Gasteiger partial charge in [0, 0.05) is 6.42 Å². The number of carbonyl (C=O) groups is 1. The second kappa shape index (κ2) is 6.63. The van der Waals surface area contributed by atoms with Crippen molar-refractivity contribution >= 4 is 5.91 Å². The predicted octanol–water partition coefficient (Wildman–Crippen LogP) is 2.18. The third-order valence-electron chi connectivity index (χ3n) is 4.36. The highest BCUT2D eigenvalue weighted by molar-refractivity contribution is 5.83. The molecule has 0 unspecified atom stereocenters. The number of hydrogen-bond donors (Lipinski definition) is 1. The van der Waals surface area contributed by atoms with Crippen molar-refractivity contribution in [2.24, 2.45) is 11.1 Å². The first-order valence-electron chi connectivity index (χ1n) is 7.59. The Morgan fingerprint density at radius 2 is 2.09 bits per heavy atom. The maximum Gasteiger partial charge on any atom is 0.241 e. The number of hydrogen-bond acceptors (Lipinski definition) is 3. The van der Waals surface area contributed by atoms with Gasteiger partial charge >= 0.3 is 0 Å². The van der Waals surface area contributed by atoms with Crippen LogP contribution in [0.4, 0.5) is 8.78 Å². The third kappa shape index (κ3) is 3.85. The van der Waals surface area contributed by atoms with Crippen LogP contribution < -0.4 is 5.73 Å². The summed E-state index contributed by atoms with van der Waals surface area (Å²) in [5.74, 6) is -0.737. The van der Waals surface area contributed by atoms with E-state index in [2.05, 4.69) is 0 Å². The number of nitrogens with two attached hydrogens (primary N) is 1. The second-order valence-corrected chi connectivity index (χ2v) is 6.74. The largest absolute Gasteiger partial charge is 0.322 e. The van der Waals surface area contributed by atoms with E-state index < -0.39 is 29.6 Å². The normalized spacial score (nSPS) is 22.7. The molecule has 1 heterocycles. The Morgan fingerprint density at radius 3 is 2.65 bits per heavy atom. The quantitative estimate of drug-likeness (QED) is 0.924. The topological polar surface area (TPSA) is 70.1 Å². The molecule has 1 aromatic carbocycles. The minimum atomic E-state index is -1.18. The summed E-state index contributed by atoms with van der Waals surface area (Å²) in [4.78, 5) is 13.8. The van der Waals surface area contributed by atoms with E-state index in [0.29, 0.717) is 6.42 Å². The molecule has 6 heteroatoms. The van der Waals surface area contributed by atoms with Gasteiger partial charge in [-0.1, -0.05) is 26.0 Å². The Hall–Kier alpha value is -2.00. The summed E-state index contributed by atoms with van der Waals surface area (Å²) in [6, 6.07) is 6.35. The smallest absolute Gasteiger partial charge is 0.241 e. The van der Waals surface area contributed by atoms with Crippen LogP contribution in [0.5, 0.6) is 0 Å². The number of carbonyl (C=O) groups excluding carboxylic acids is 1. The van der Waals surface area contributed by atoms with Gasteiger partial charge in [0.2, 0.25) is 5.91 Å². The van der Waals surface area contributed by atoms with Crippen LogP contribution in [0.15, 0.2) is 24.3 Å². The molecular formula is C17H21F2N3O. The van der Waals surface area contributed by atoms with E-state index in [9.17, 15) is 13.6 Å². The zero-order valence-electron chi connectivity index (χ0n) is 13.3. The first-order chi connectivity index (χ1) is 10.7. The lowest BCUT2D eigenvalue weighted by Crippen LogP contribution is -2.53. The van der Waals surface area contributed by atoms with E-state index in [1.807, 2.05) is 19.9 Å². The molecule has 23 heavy (non-hydrogen) atoms. The van der Waals surface area contributed by atoms with Gasteiger partial charge in [-0.2, -0.15) is 5.26 Å². The standard InChI is InChI=1S/C17H21F2N3O/c1-17(2,8-11-3-5-12(18)6-4-11)15(21)16(23)22-10-13(19)7-14(22)9-20/h3-6,13-15H,7-8,10,21H2,1-2H3/t13-,14-,15+/m0/s1. The molecule has 0 spiro atoms. The van der Waals surface area contributed by atoms with Crippen LogP contribution in [-0.4, -0.2) is 35.6 Å². The molecule has 1 aliphatic rings. The number of halogens is 2. The van der Waals surface area contributed by atoms with Crippen molar-refractivity contribution in [3.05, 3.63) is 35.6 Å². The summed E-state index contributed by atoms with van der Waals surface area (Å²) in [7, 11) is 0. The van der Waals surface area contributed by atoms with Crippen LogP contribution in [0.2, 0.25) is 0 Å². The summed E-state index contributed by atoms with van der Waals surface area (Å²) in [6.07, 6.45) is -0.673. The zero-order chi connectivity index (χ0) is 17.2. The first-order valence-corrected chi connectivity index (χ1v) is 7.59. The van der Waals surface area contributed by atoms with Crippen molar-refractivity contribution in [2.75, 3.05) is 6.54 Å². The van der Waals surface area contributed by atoms with Crippen molar-refractivity contribution in [3.8, 4) is 6.07 Å². The molecule has 0 saturated carbocycles. The summed E-state index contributed by atoms with van der Waals surface area (Å²) < 4.78 is 26.5. The summed E-state index contributed by atoms with van der Waals surface area (Å²) in [5, 5.41) is 9.06. The van der Waals surface area contributed by atoms with Crippen LogP contribution in [0.25, 0.3) is 0 Å². The highest BCUT2D eigenvalue weighted by atomic mass is 19.1. The zero-order valence-corrected chi connectivity index (χ0v) is 13.3. The van der Waals surface area contributed by atoms with Gasteiger partial charge in [-0.3, -0.25) is 4.79 Å². The Morgan fingerprint density at radius 1 is 1.48 bits per heavy atom. The van der Waals surface area contributed by atoms with Gasteiger partial charge in [0.05, 0.1) is 18.7 Å². The van der Waals surface area contributed by atoms with Gasteiger partial charge in [0.1, 0.15) is 18.0 Å². The van der Waals surface area contributed by atoms with Crippen LogP contribution in [0, 0.1) is 22.6 Å². The summed E-state index contributed by atoms with van der Waals surface area (Å²) in [5.41, 5.74) is 6.37. The molecule has 0 aromatic heterocycles. The van der Waals surface area contributed by atoms with E-state index in [-0.39, 0.29) is 18.8 Å². The first kappa shape index (κ1) is 17.4. The van der Waals surface area contributed by atoms with E-state index >= 15 is 0 Å². The minimum Gasteiger partial charge on any atom is -0.322 e. The van der Waals surface area contributed by atoms with Crippen LogP contribution in [0.3, 0.4) is 0 Å². The number of alkyl halides is 1. The SMILES string of the molecule is CC(C)(Cc1ccc(F)cc1)[C@H](N)C(=O)N1C[C@@H](F)C[C@H]1C#N. The molecule has 0 bridgehead atoms. The molecule has 0 radical (unpaired) electrons. The molecule has 0 aliphatic carbocycles. The lowest BCUT2D eigenvalue weighted by atomic mass is 9.78. The third-order valence-corrected chi connectivity index (χ3v) is 4.36. The van der Waals surface area contributed by atoms with Gasteiger partial charge in [-0.25, -0.2) is 8.78 Å². The van der Waals surface area contributed by atoms with Gasteiger partial charge in [0.15, 0.2) is 0 Å². The molecular weight excluding hydrogens is 300 g/mol. The maximum atomic E-state index is 13.5. The van der Waals surface area contributed by atoms with E-state index in [4.69, 9.17) is 11.0 Å². The van der Waals surface area contributed by atoms with Crippen molar-refractivity contribution in [3.63, 3.8) is 0 Å². The molecule has 1 amide bonds. The number of nitriles is 1. The molecule has 3 atom stereocenters. The fourth-order valence-corrected chi connectivity index (χ4v) is 2.90. The van der Waals surface area contributed by atoms with Gasteiger partial charge < -0.3 is 10.6 Å². The molecule has 1 saturated heterocycles. The monoisotopic (exact) mass is 321 g/mol. The van der Waals surface area contributed by atoms with Gasteiger partial charge in [-0.05, 0) is 29.5 Å². The Labute approximate surface area is 134 Å². The molecule has 1 aliphatic heterocycles. The average Bonchev–Trinajstić information content (AvgIpc) is 2.89. The van der Waals surface area contributed by atoms with Crippen LogP contribution in [-0.2, 0) is 11.2 Å². The van der Waals surface area contributed by atoms with Crippen molar-refractivity contribution in [1.82, 2.24) is 4.90 Å². The van der Waals surface area contributed by atoms with Crippen molar-refractivity contribution in [1.29, 1.82) is 5.26 Å². The molecule has 4 nitrogen and oxygen atoms in total. The van der Waals surface area contributed by atoms with Crippen LogP contribution >= 0.6 is 0 Å². The van der Waals surface area contributed by atoms with Crippen LogP contribution in [0.1, 0.15) is 25.8 Å². The fraction of sp³-hybridized carbons (Fsp3) is 0.529. The minimum absolute atomic E-state index is 0.0351. The van der Waals surface area contributed by atoms with E-state index in [0.717, 1.165) is 5.56 Å². The number of rotatable bonds is 4. The lowest BCUT2D eigenvalue weighted by molar-refractivity contribution is -0.135. The maximum absolute atomic E-state index is 13.5. The number of likely N-dealkylation sites (tertiary alicyclic amines) is 1. The molecule has 124 valence electrons. The Kier molecular flexibility index (Phi) is 5.00.